The third kappa shape index (κ3) is 3.60. The molecule has 9 nitrogen and oxygen atoms in total. The van der Waals surface area contributed by atoms with Gasteiger partial charge in [-0.3, -0.25) is 14.6 Å². The maximum Gasteiger partial charge on any atom is 0.251 e. The minimum absolute atomic E-state index is 0.168. The van der Waals surface area contributed by atoms with Crippen molar-refractivity contribution in [3.05, 3.63) is 66.5 Å². The zero-order valence-corrected chi connectivity index (χ0v) is 17.4. The fourth-order valence-electron chi connectivity index (χ4n) is 3.69. The number of hydrogen-bond acceptors (Lipinski definition) is 6. The minimum atomic E-state index is -0.168. The first kappa shape index (κ1) is 19.6. The van der Waals surface area contributed by atoms with Gasteiger partial charge in [0.15, 0.2) is 5.82 Å². The summed E-state index contributed by atoms with van der Waals surface area (Å²) in [5, 5.41) is 16.4. The second kappa shape index (κ2) is 8.03. The predicted molar refractivity (Wildman–Crippen MR) is 122 cm³/mol. The van der Waals surface area contributed by atoms with Crippen LogP contribution in [0.2, 0.25) is 0 Å². The van der Waals surface area contributed by atoms with E-state index < -0.39 is 0 Å². The molecule has 5 rings (SSSR count). The summed E-state index contributed by atoms with van der Waals surface area (Å²) in [6.45, 7) is 0.912. The topological polar surface area (TPSA) is 124 Å². The first-order valence-corrected chi connectivity index (χ1v) is 10.1. The average molecular weight is 427 g/mol. The van der Waals surface area contributed by atoms with Crippen molar-refractivity contribution < 1.29 is 9.53 Å². The van der Waals surface area contributed by atoms with E-state index in [0.29, 0.717) is 35.7 Å². The number of H-pyrrole nitrogens is 1. The van der Waals surface area contributed by atoms with Gasteiger partial charge in [0.2, 0.25) is 0 Å². The number of fused-ring (bicyclic) bond motifs is 3. The molecular weight excluding hydrogens is 406 g/mol. The fourth-order valence-corrected chi connectivity index (χ4v) is 3.69. The number of carbonyl (C=O) groups excluding carboxylic acids is 1. The second-order valence-electron chi connectivity index (χ2n) is 7.33. The van der Waals surface area contributed by atoms with Crippen LogP contribution < -0.4 is 15.8 Å². The van der Waals surface area contributed by atoms with Gasteiger partial charge in [0.1, 0.15) is 11.3 Å². The monoisotopic (exact) mass is 427 g/mol. The van der Waals surface area contributed by atoms with Crippen LogP contribution in [-0.2, 0) is 6.54 Å². The van der Waals surface area contributed by atoms with E-state index in [2.05, 4.69) is 25.6 Å². The van der Waals surface area contributed by atoms with E-state index in [1.807, 2.05) is 30.5 Å². The number of pyridine rings is 1. The maximum atomic E-state index is 12.4. The van der Waals surface area contributed by atoms with E-state index in [-0.39, 0.29) is 5.91 Å². The van der Waals surface area contributed by atoms with E-state index in [1.165, 1.54) is 0 Å². The average Bonchev–Trinajstić information content (AvgIpc) is 3.49. The van der Waals surface area contributed by atoms with Crippen molar-refractivity contribution in [3.8, 4) is 17.0 Å². The molecule has 9 heteroatoms. The molecule has 0 aliphatic heterocycles. The molecule has 1 amide bonds. The zero-order chi connectivity index (χ0) is 22.1. The van der Waals surface area contributed by atoms with Crippen LogP contribution in [0, 0.1) is 0 Å². The first-order valence-electron chi connectivity index (χ1n) is 10.1. The van der Waals surface area contributed by atoms with Crippen molar-refractivity contribution in [2.24, 2.45) is 0 Å². The number of nitrogens with two attached hydrogens (primary N) is 1. The van der Waals surface area contributed by atoms with Crippen molar-refractivity contribution in [1.82, 2.24) is 30.3 Å². The third-order valence-corrected chi connectivity index (χ3v) is 5.29. The second-order valence-corrected chi connectivity index (χ2v) is 7.33. The van der Waals surface area contributed by atoms with Crippen molar-refractivity contribution >= 4 is 33.5 Å². The van der Waals surface area contributed by atoms with Gasteiger partial charge < -0.3 is 15.8 Å². The van der Waals surface area contributed by atoms with E-state index in [0.717, 1.165) is 27.5 Å². The smallest absolute Gasteiger partial charge is 0.251 e. The number of methoxy groups -OCH3 is 1. The standard InChI is InChI=1S/C23H21N7O2/c1-32-16-4-2-3-15(11-16)23(31)25-9-10-30-13-18-17-6-5-14(19-7-8-26-28-19)12-20(17)27-22(24)21(18)29-30/h2-8,11-13H,9-10H2,1H3,(H2,24,27)(H,25,31)(H,26,28). The van der Waals surface area contributed by atoms with Crippen LogP contribution in [-0.4, -0.2) is 44.5 Å². The van der Waals surface area contributed by atoms with Gasteiger partial charge in [-0.2, -0.15) is 10.2 Å². The fraction of sp³-hybridized carbons (Fsp3) is 0.130. The Labute approximate surface area is 183 Å². The molecule has 0 aliphatic carbocycles. The Hall–Kier alpha value is -4.40. The SMILES string of the molecule is COc1cccc(C(=O)NCCn2cc3c(n2)c(N)nc2cc(-c4cc[nH]n4)ccc23)c1. The molecule has 3 aromatic heterocycles. The number of carbonyl (C=O) groups is 1. The van der Waals surface area contributed by atoms with E-state index >= 15 is 0 Å². The molecule has 4 N–H and O–H groups in total. The number of nitrogens with one attached hydrogen (secondary N) is 2. The Bertz CT molecular complexity index is 1420. The van der Waals surface area contributed by atoms with Crippen molar-refractivity contribution in [3.63, 3.8) is 0 Å². The van der Waals surface area contributed by atoms with Crippen molar-refractivity contribution in [2.45, 2.75) is 6.54 Å². The number of aromatic nitrogens is 5. The molecule has 0 atom stereocenters. The lowest BCUT2D eigenvalue weighted by atomic mass is 10.1. The molecule has 5 aromatic rings. The number of nitrogen functional groups attached to an aromatic ring is 1. The van der Waals surface area contributed by atoms with Gasteiger partial charge in [-0.05, 0) is 30.3 Å². The molecule has 3 heterocycles. The number of anilines is 1. The molecule has 0 spiro atoms. The quantitative estimate of drug-likeness (QED) is 0.383. The predicted octanol–water partition coefficient (Wildman–Crippen LogP) is 3.00. The summed E-state index contributed by atoms with van der Waals surface area (Å²) in [4.78, 5) is 16.9. The molecule has 0 aliphatic rings. The number of aromatic amines is 1. The van der Waals surface area contributed by atoms with Crippen LogP contribution in [0.5, 0.6) is 5.75 Å². The van der Waals surface area contributed by atoms with Crippen LogP contribution in [0.15, 0.2) is 60.9 Å². The summed E-state index contributed by atoms with van der Waals surface area (Å²) < 4.78 is 6.94. The number of amides is 1. The largest absolute Gasteiger partial charge is 0.497 e. The highest BCUT2D eigenvalue weighted by Gasteiger charge is 2.13. The van der Waals surface area contributed by atoms with Crippen LogP contribution in [0.1, 0.15) is 10.4 Å². The Morgan fingerprint density at radius 2 is 2.09 bits per heavy atom. The molecule has 32 heavy (non-hydrogen) atoms. The van der Waals surface area contributed by atoms with Gasteiger partial charge in [0, 0.05) is 40.8 Å². The molecule has 0 fully saturated rings. The van der Waals surface area contributed by atoms with Gasteiger partial charge in [-0.1, -0.05) is 18.2 Å². The Balaban J connectivity index is 1.36. The van der Waals surface area contributed by atoms with Gasteiger partial charge in [0.25, 0.3) is 5.91 Å². The molecule has 2 aromatic carbocycles. The number of rotatable bonds is 6. The van der Waals surface area contributed by atoms with Crippen LogP contribution >= 0.6 is 0 Å². The maximum absolute atomic E-state index is 12.4. The Morgan fingerprint density at radius 1 is 1.19 bits per heavy atom. The lowest BCUT2D eigenvalue weighted by Gasteiger charge is -2.06. The summed E-state index contributed by atoms with van der Waals surface area (Å²) in [5.41, 5.74) is 9.96. The summed E-state index contributed by atoms with van der Waals surface area (Å²) in [5.74, 6) is 0.838. The Morgan fingerprint density at radius 3 is 2.91 bits per heavy atom. The Kier molecular flexibility index (Phi) is 4.91. The van der Waals surface area contributed by atoms with Crippen LogP contribution in [0.25, 0.3) is 33.1 Å². The van der Waals surface area contributed by atoms with Gasteiger partial charge >= 0.3 is 0 Å². The lowest BCUT2D eigenvalue weighted by Crippen LogP contribution is -2.27. The van der Waals surface area contributed by atoms with Crippen LogP contribution in [0.4, 0.5) is 5.82 Å². The molecule has 0 bridgehead atoms. The van der Waals surface area contributed by atoms with Gasteiger partial charge in [0.05, 0.1) is 24.9 Å². The lowest BCUT2D eigenvalue weighted by molar-refractivity contribution is 0.0951. The first-order chi connectivity index (χ1) is 15.6. The summed E-state index contributed by atoms with van der Waals surface area (Å²) >= 11 is 0. The number of ether oxygens (including phenoxy) is 1. The van der Waals surface area contributed by atoms with Crippen molar-refractivity contribution in [2.75, 3.05) is 19.4 Å². The van der Waals surface area contributed by atoms with Gasteiger partial charge in [-0.15, -0.1) is 0 Å². The van der Waals surface area contributed by atoms with Crippen LogP contribution in [0.3, 0.4) is 0 Å². The molecule has 0 radical (unpaired) electrons. The molecule has 0 saturated heterocycles. The summed E-state index contributed by atoms with van der Waals surface area (Å²) in [6, 6.07) is 14.9. The molecule has 0 saturated carbocycles. The van der Waals surface area contributed by atoms with E-state index in [4.69, 9.17) is 10.5 Å². The highest BCUT2D eigenvalue weighted by Crippen LogP contribution is 2.29. The third-order valence-electron chi connectivity index (χ3n) is 5.29. The van der Waals surface area contributed by atoms with Crippen molar-refractivity contribution in [1.29, 1.82) is 0 Å². The molecular formula is C23H21N7O2. The number of benzene rings is 2. The number of hydrogen-bond donors (Lipinski definition) is 3. The summed E-state index contributed by atoms with van der Waals surface area (Å²) in [7, 11) is 1.57. The van der Waals surface area contributed by atoms with Gasteiger partial charge in [-0.25, -0.2) is 4.98 Å². The summed E-state index contributed by atoms with van der Waals surface area (Å²) in [6.07, 6.45) is 3.71. The normalized spacial score (nSPS) is 11.2. The minimum Gasteiger partial charge on any atom is -0.497 e. The van der Waals surface area contributed by atoms with E-state index in [1.54, 1.807) is 42.3 Å². The zero-order valence-electron chi connectivity index (χ0n) is 17.4. The number of nitrogens with zero attached hydrogens (tertiary/aromatic N) is 4. The highest BCUT2D eigenvalue weighted by atomic mass is 16.5. The molecule has 160 valence electrons. The molecule has 0 unspecified atom stereocenters. The highest BCUT2D eigenvalue weighted by molar-refractivity contribution is 6.08. The van der Waals surface area contributed by atoms with E-state index in [9.17, 15) is 4.79 Å².